The number of unbranched alkanes of at least 4 members (excludes halogenated alkanes) is 3. The van der Waals surface area contributed by atoms with E-state index in [1.807, 2.05) is 11.8 Å². The number of hydrogen-bond donors (Lipinski definition) is 2. The number of nitrogens with two attached hydrogens (primary N) is 1. The van der Waals surface area contributed by atoms with Crippen molar-refractivity contribution in [3.63, 3.8) is 0 Å². The number of amides is 2. The average molecular weight is 378 g/mol. The summed E-state index contributed by atoms with van der Waals surface area (Å²) in [5, 5.41) is 2.75. The molecule has 1 fully saturated rings. The van der Waals surface area contributed by atoms with Crippen LogP contribution in [0.3, 0.4) is 0 Å². The maximum absolute atomic E-state index is 13.2. The van der Waals surface area contributed by atoms with E-state index in [-0.39, 0.29) is 23.7 Å². The van der Waals surface area contributed by atoms with Gasteiger partial charge in [0.25, 0.3) is 0 Å². The molecule has 1 saturated heterocycles. The third-order valence-corrected chi connectivity index (χ3v) is 5.03. The van der Waals surface area contributed by atoms with Gasteiger partial charge in [-0.1, -0.05) is 18.9 Å². The van der Waals surface area contributed by atoms with Crippen molar-refractivity contribution in [2.24, 2.45) is 5.73 Å². The van der Waals surface area contributed by atoms with Gasteiger partial charge in [0.2, 0.25) is 11.8 Å². The monoisotopic (exact) mass is 378 g/mol. The summed E-state index contributed by atoms with van der Waals surface area (Å²) in [6.07, 6.45) is 4.63. The smallest absolute Gasteiger partial charge is 0.241 e. The van der Waals surface area contributed by atoms with Crippen LogP contribution in [0, 0.1) is 5.82 Å². The van der Waals surface area contributed by atoms with Crippen molar-refractivity contribution in [1.82, 2.24) is 9.80 Å². The highest BCUT2D eigenvalue weighted by atomic mass is 19.1. The Kier molecular flexibility index (Phi) is 8.67. The molecule has 1 aliphatic rings. The van der Waals surface area contributed by atoms with Gasteiger partial charge >= 0.3 is 0 Å². The van der Waals surface area contributed by atoms with E-state index in [0.717, 1.165) is 25.7 Å². The van der Waals surface area contributed by atoms with Gasteiger partial charge in [-0.05, 0) is 44.5 Å². The summed E-state index contributed by atoms with van der Waals surface area (Å²) < 4.78 is 13.2. The Hall–Kier alpha value is -1.99. The highest BCUT2D eigenvalue weighted by Gasteiger charge is 2.27. The van der Waals surface area contributed by atoms with Gasteiger partial charge in [0, 0.05) is 38.3 Å². The summed E-state index contributed by atoms with van der Waals surface area (Å²) >= 11 is 0. The molecular weight excluding hydrogens is 347 g/mol. The van der Waals surface area contributed by atoms with Crippen LogP contribution in [0.1, 0.15) is 39.0 Å². The van der Waals surface area contributed by atoms with E-state index < -0.39 is 0 Å². The lowest BCUT2D eigenvalue weighted by atomic mass is 10.1. The van der Waals surface area contributed by atoms with Crippen LogP contribution in [-0.4, -0.2) is 60.4 Å². The number of anilines is 1. The molecule has 1 aliphatic heterocycles. The van der Waals surface area contributed by atoms with Gasteiger partial charge in [-0.25, -0.2) is 4.39 Å². The van der Waals surface area contributed by atoms with Crippen molar-refractivity contribution >= 4 is 17.5 Å². The summed E-state index contributed by atoms with van der Waals surface area (Å²) in [7, 11) is 0. The minimum atomic E-state index is -0.379. The normalized spacial score (nSPS) is 16.2. The van der Waals surface area contributed by atoms with Crippen LogP contribution in [0.15, 0.2) is 24.3 Å². The first kappa shape index (κ1) is 21.3. The van der Waals surface area contributed by atoms with Crippen molar-refractivity contribution in [3.8, 4) is 0 Å². The average Bonchev–Trinajstić information content (AvgIpc) is 2.67. The summed E-state index contributed by atoms with van der Waals surface area (Å²) in [5.74, 6) is -0.352. The number of nitrogens with zero attached hydrogens (tertiary/aromatic N) is 2. The van der Waals surface area contributed by atoms with Crippen LogP contribution in [-0.2, 0) is 9.59 Å². The first-order chi connectivity index (χ1) is 13.0. The molecule has 0 spiro atoms. The third kappa shape index (κ3) is 6.92. The minimum Gasteiger partial charge on any atom is -0.340 e. The fourth-order valence-electron chi connectivity index (χ4n) is 3.27. The molecule has 6 nitrogen and oxygen atoms in total. The molecule has 1 atom stereocenters. The number of nitrogens with one attached hydrogen (secondary N) is 1. The Balaban J connectivity index is 1.72. The molecule has 1 unspecified atom stereocenters. The molecule has 0 aliphatic carbocycles. The van der Waals surface area contributed by atoms with Gasteiger partial charge in [0.1, 0.15) is 5.82 Å². The number of hydrogen-bond acceptors (Lipinski definition) is 4. The molecule has 7 heteroatoms. The zero-order chi connectivity index (χ0) is 19.6. The predicted molar refractivity (Wildman–Crippen MR) is 105 cm³/mol. The van der Waals surface area contributed by atoms with Gasteiger partial charge in [0.15, 0.2) is 0 Å². The molecule has 0 bridgehead atoms. The largest absolute Gasteiger partial charge is 0.340 e. The van der Waals surface area contributed by atoms with E-state index in [1.54, 1.807) is 12.1 Å². The molecule has 0 saturated carbocycles. The Labute approximate surface area is 160 Å². The Bertz CT molecular complexity index is 618. The lowest BCUT2D eigenvalue weighted by Crippen LogP contribution is -2.54. The molecular formula is C20H31FN4O2. The Morgan fingerprint density at radius 2 is 1.85 bits per heavy atom. The Morgan fingerprint density at radius 1 is 1.15 bits per heavy atom. The second-order valence-electron chi connectivity index (χ2n) is 7.05. The highest BCUT2D eigenvalue weighted by Crippen LogP contribution is 2.13. The molecule has 1 aromatic rings. The second-order valence-corrected chi connectivity index (χ2v) is 7.05. The van der Waals surface area contributed by atoms with Crippen molar-refractivity contribution < 1.29 is 14.0 Å². The lowest BCUT2D eigenvalue weighted by Gasteiger charge is -2.37. The number of benzene rings is 1. The summed E-state index contributed by atoms with van der Waals surface area (Å²) in [5.41, 5.74) is 5.92. The molecule has 1 aromatic carbocycles. The molecule has 27 heavy (non-hydrogen) atoms. The van der Waals surface area contributed by atoms with Gasteiger partial charge in [-0.2, -0.15) is 0 Å². The summed E-state index contributed by atoms with van der Waals surface area (Å²) in [4.78, 5) is 28.6. The fraction of sp³-hybridized carbons (Fsp3) is 0.600. The van der Waals surface area contributed by atoms with E-state index >= 15 is 0 Å². The zero-order valence-electron chi connectivity index (χ0n) is 16.1. The third-order valence-electron chi connectivity index (χ3n) is 5.03. The number of rotatable bonds is 9. The SMILES string of the molecule is CC(C(=O)Nc1cccc(F)c1)N1CCN(C(=O)CCCCCCN)CC1. The lowest BCUT2D eigenvalue weighted by molar-refractivity contribution is -0.133. The molecule has 150 valence electrons. The van der Waals surface area contributed by atoms with Crippen molar-refractivity contribution in [1.29, 1.82) is 0 Å². The first-order valence-corrected chi connectivity index (χ1v) is 9.79. The van der Waals surface area contributed by atoms with E-state index in [9.17, 15) is 14.0 Å². The van der Waals surface area contributed by atoms with E-state index in [0.29, 0.717) is 44.8 Å². The minimum absolute atomic E-state index is 0.166. The van der Waals surface area contributed by atoms with Crippen molar-refractivity contribution in [2.45, 2.75) is 45.1 Å². The van der Waals surface area contributed by atoms with Crippen LogP contribution in [0.4, 0.5) is 10.1 Å². The summed E-state index contributed by atoms with van der Waals surface area (Å²) in [6, 6.07) is 5.54. The van der Waals surface area contributed by atoms with E-state index in [1.165, 1.54) is 12.1 Å². The van der Waals surface area contributed by atoms with Crippen molar-refractivity contribution in [3.05, 3.63) is 30.1 Å². The van der Waals surface area contributed by atoms with Crippen molar-refractivity contribution in [2.75, 3.05) is 38.0 Å². The van der Waals surface area contributed by atoms with Crippen LogP contribution in [0.5, 0.6) is 0 Å². The maximum Gasteiger partial charge on any atom is 0.241 e. The molecule has 3 N–H and O–H groups in total. The number of halogens is 1. The molecule has 0 radical (unpaired) electrons. The standard InChI is InChI=1S/C20H31FN4O2/c1-16(20(27)23-18-8-6-7-17(21)15-18)24-11-13-25(14-12-24)19(26)9-4-2-3-5-10-22/h6-8,15-16H,2-5,9-14,22H2,1H3,(H,23,27). The van der Waals surface area contributed by atoms with Crippen LogP contribution in [0.2, 0.25) is 0 Å². The van der Waals surface area contributed by atoms with E-state index in [4.69, 9.17) is 5.73 Å². The van der Waals surface area contributed by atoms with Gasteiger partial charge in [0.05, 0.1) is 6.04 Å². The Morgan fingerprint density at radius 3 is 2.52 bits per heavy atom. The zero-order valence-corrected chi connectivity index (χ0v) is 16.1. The predicted octanol–water partition coefficient (Wildman–Crippen LogP) is 2.21. The van der Waals surface area contributed by atoms with Crippen LogP contribution < -0.4 is 11.1 Å². The molecule has 1 heterocycles. The molecule has 2 rings (SSSR count). The van der Waals surface area contributed by atoms with Gasteiger partial charge in [-0.3, -0.25) is 14.5 Å². The first-order valence-electron chi connectivity index (χ1n) is 9.79. The van der Waals surface area contributed by atoms with Crippen LogP contribution >= 0.6 is 0 Å². The number of carbonyl (C=O) groups is 2. The van der Waals surface area contributed by atoms with Gasteiger partial charge in [-0.15, -0.1) is 0 Å². The fourth-order valence-corrected chi connectivity index (χ4v) is 3.27. The maximum atomic E-state index is 13.2. The summed E-state index contributed by atoms with van der Waals surface area (Å²) in [6.45, 7) is 5.15. The second kappa shape index (κ2) is 11.0. The van der Waals surface area contributed by atoms with Gasteiger partial charge < -0.3 is 16.0 Å². The van der Waals surface area contributed by atoms with Crippen LogP contribution in [0.25, 0.3) is 0 Å². The molecule has 2 amide bonds. The number of carbonyl (C=O) groups excluding carboxylic acids is 2. The topological polar surface area (TPSA) is 78.7 Å². The molecule has 0 aromatic heterocycles. The quantitative estimate of drug-likeness (QED) is 0.646. The number of piperazine rings is 1. The van der Waals surface area contributed by atoms with E-state index in [2.05, 4.69) is 10.2 Å². The highest BCUT2D eigenvalue weighted by molar-refractivity contribution is 5.94.